The Morgan fingerprint density at radius 1 is 1.38 bits per heavy atom. The number of pyridine rings is 2. The molecule has 11 heteroatoms. The minimum atomic E-state index is -0.450. The molecule has 0 radical (unpaired) electrons. The molecule has 2 aromatic rings. The van der Waals surface area contributed by atoms with Crippen LogP contribution in [0.25, 0.3) is 0 Å². The molecule has 1 N–H and O–H groups in total. The van der Waals surface area contributed by atoms with Crippen molar-refractivity contribution in [2.45, 2.75) is 51.8 Å². The first-order valence-electron chi connectivity index (χ1n) is 12.3. The molecule has 0 aliphatic carbocycles. The van der Waals surface area contributed by atoms with Gasteiger partial charge in [-0.15, -0.1) is 0 Å². The molecule has 0 saturated carbocycles. The first-order valence-corrected chi connectivity index (χ1v) is 12.3. The molecule has 1 saturated heterocycles. The summed E-state index contributed by atoms with van der Waals surface area (Å²) in [7, 11) is 3.90. The van der Waals surface area contributed by atoms with Crippen molar-refractivity contribution in [3.63, 3.8) is 0 Å². The highest BCUT2D eigenvalue weighted by atomic mass is 16.5. The number of anilines is 2. The highest BCUT2D eigenvalue weighted by Gasteiger charge is 2.32. The van der Waals surface area contributed by atoms with Crippen molar-refractivity contribution in [1.29, 1.82) is 5.26 Å². The van der Waals surface area contributed by atoms with Crippen LogP contribution in [0, 0.1) is 11.3 Å². The summed E-state index contributed by atoms with van der Waals surface area (Å²) in [5.74, 6) is 1.04. The number of nitrogens with zero attached hydrogens (tertiary/aromatic N) is 6. The third kappa shape index (κ3) is 5.70. The molecule has 0 spiro atoms. The predicted octanol–water partition coefficient (Wildman–Crippen LogP) is 2.60. The van der Waals surface area contributed by atoms with Crippen LogP contribution >= 0.6 is 0 Å². The first kappa shape index (κ1) is 26.0. The SMILES string of the molecule is CC(C)Oc1cc(NC(=O)N2CCCc3cc(CN4CC(N(C)C)CC4=O)c(C=O)nc32)ncc1C#N. The number of rotatable bonds is 7. The summed E-state index contributed by atoms with van der Waals surface area (Å²) in [5, 5.41) is 12.1. The maximum atomic E-state index is 13.2. The van der Waals surface area contributed by atoms with Crippen LogP contribution in [-0.2, 0) is 17.8 Å². The number of nitriles is 1. The number of nitrogens with one attached hydrogen (secondary N) is 1. The van der Waals surface area contributed by atoms with E-state index in [-0.39, 0.29) is 35.1 Å². The summed E-state index contributed by atoms with van der Waals surface area (Å²) in [6, 6.07) is 5.12. The Morgan fingerprint density at radius 3 is 2.81 bits per heavy atom. The third-order valence-electron chi connectivity index (χ3n) is 6.50. The fourth-order valence-electron chi connectivity index (χ4n) is 4.56. The Labute approximate surface area is 216 Å². The minimum absolute atomic E-state index is 0.0463. The van der Waals surface area contributed by atoms with E-state index in [4.69, 9.17) is 4.74 Å². The van der Waals surface area contributed by atoms with Gasteiger partial charge in [0.1, 0.15) is 34.7 Å². The number of likely N-dealkylation sites (tertiary alicyclic amines) is 1. The van der Waals surface area contributed by atoms with Gasteiger partial charge < -0.3 is 14.5 Å². The van der Waals surface area contributed by atoms with E-state index in [9.17, 15) is 19.6 Å². The minimum Gasteiger partial charge on any atom is -0.489 e. The number of amides is 3. The quantitative estimate of drug-likeness (QED) is 0.568. The number of fused-ring (bicyclic) bond motifs is 1. The number of carbonyl (C=O) groups is 3. The van der Waals surface area contributed by atoms with Gasteiger partial charge in [-0.3, -0.25) is 19.8 Å². The molecular weight excluding hydrogens is 474 g/mol. The van der Waals surface area contributed by atoms with Crippen LogP contribution in [0.1, 0.15) is 53.9 Å². The monoisotopic (exact) mass is 505 g/mol. The van der Waals surface area contributed by atoms with Crippen LogP contribution in [0.15, 0.2) is 18.3 Å². The molecule has 3 amide bonds. The van der Waals surface area contributed by atoms with E-state index < -0.39 is 6.03 Å². The summed E-state index contributed by atoms with van der Waals surface area (Å²) in [6.45, 7) is 5.00. The second kappa shape index (κ2) is 10.9. The average Bonchev–Trinajstić information content (AvgIpc) is 3.23. The molecule has 0 bridgehead atoms. The van der Waals surface area contributed by atoms with Gasteiger partial charge >= 0.3 is 6.03 Å². The van der Waals surface area contributed by atoms with E-state index in [0.717, 1.165) is 12.0 Å². The number of aromatic nitrogens is 2. The van der Waals surface area contributed by atoms with Crippen molar-refractivity contribution in [2.24, 2.45) is 0 Å². The van der Waals surface area contributed by atoms with Crippen molar-refractivity contribution in [3.05, 3.63) is 40.7 Å². The Hall–Kier alpha value is -4.04. The van der Waals surface area contributed by atoms with E-state index >= 15 is 0 Å². The molecule has 11 nitrogen and oxygen atoms in total. The Balaban J connectivity index is 1.56. The zero-order valence-corrected chi connectivity index (χ0v) is 21.5. The van der Waals surface area contributed by atoms with Gasteiger partial charge in [-0.1, -0.05) is 0 Å². The van der Waals surface area contributed by atoms with Crippen molar-refractivity contribution in [2.75, 3.05) is 37.4 Å². The van der Waals surface area contributed by atoms with Gasteiger partial charge in [0.05, 0.1) is 12.3 Å². The molecule has 194 valence electrons. The zero-order valence-electron chi connectivity index (χ0n) is 21.5. The molecule has 2 aliphatic rings. The number of urea groups is 1. The average molecular weight is 506 g/mol. The molecular formula is C26H31N7O4. The Bertz CT molecular complexity index is 1250. The molecule has 2 aliphatic heterocycles. The van der Waals surface area contributed by atoms with Gasteiger partial charge in [0, 0.05) is 43.7 Å². The molecule has 4 heterocycles. The molecule has 37 heavy (non-hydrogen) atoms. The number of aldehydes is 1. The van der Waals surface area contributed by atoms with E-state index in [1.807, 2.05) is 45.0 Å². The molecule has 1 unspecified atom stereocenters. The highest BCUT2D eigenvalue weighted by molar-refractivity contribution is 6.01. The topological polar surface area (TPSA) is 132 Å². The zero-order chi connectivity index (χ0) is 26.7. The number of aryl methyl sites for hydroxylation is 1. The maximum absolute atomic E-state index is 13.2. The summed E-state index contributed by atoms with van der Waals surface area (Å²) in [4.78, 5) is 51.6. The second-order valence-electron chi connectivity index (χ2n) is 9.76. The number of ether oxygens (including phenoxy) is 1. The smallest absolute Gasteiger partial charge is 0.328 e. The van der Waals surface area contributed by atoms with E-state index in [0.29, 0.717) is 55.9 Å². The van der Waals surface area contributed by atoms with Crippen molar-refractivity contribution in [3.8, 4) is 11.8 Å². The lowest BCUT2D eigenvalue weighted by Crippen LogP contribution is -2.40. The molecule has 1 atom stereocenters. The molecule has 2 aromatic heterocycles. The van der Waals surface area contributed by atoms with E-state index in [1.165, 1.54) is 17.2 Å². The fraction of sp³-hybridized carbons (Fsp3) is 0.462. The molecule has 1 fully saturated rings. The lowest BCUT2D eigenvalue weighted by Gasteiger charge is -2.29. The number of likely N-dealkylation sites (N-methyl/N-ethyl adjacent to an activating group) is 1. The standard InChI is InChI=1S/C26H31N7O4/c1-16(2)37-22-10-23(28-12-19(22)11-27)30-26(36)33-7-5-6-17-8-18(21(15-34)29-25(17)33)13-32-14-20(31(3)4)9-24(32)35/h8,10,12,15-16,20H,5-7,9,13-14H2,1-4H3,(H,28,30,36). The van der Waals surface area contributed by atoms with Crippen LogP contribution in [0.3, 0.4) is 0 Å². The van der Waals surface area contributed by atoms with Gasteiger partial charge in [-0.2, -0.15) is 5.26 Å². The van der Waals surface area contributed by atoms with Crippen molar-refractivity contribution in [1.82, 2.24) is 19.8 Å². The van der Waals surface area contributed by atoms with Gasteiger partial charge in [-0.25, -0.2) is 14.8 Å². The Kier molecular flexibility index (Phi) is 7.69. The maximum Gasteiger partial charge on any atom is 0.328 e. The third-order valence-corrected chi connectivity index (χ3v) is 6.50. The van der Waals surface area contributed by atoms with Crippen LogP contribution in [0.2, 0.25) is 0 Å². The van der Waals surface area contributed by atoms with Crippen LogP contribution < -0.4 is 15.0 Å². The van der Waals surface area contributed by atoms with E-state index in [2.05, 4.69) is 15.3 Å². The summed E-state index contributed by atoms with van der Waals surface area (Å²) in [5.41, 5.74) is 2.00. The normalized spacial score (nSPS) is 17.1. The molecule has 0 aromatic carbocycles. The van der Waals surface area contributed by atoms with Crippen molar-refractivity contribution >= 4 is 29.9 Å². The second-order valence-corrected chi connectivity index (χ2v) is 9.76. The lowest BCUT2D eigenvalue weighted by atomic mass is 10.0. The van der Waals surface area contributed by atoms with Gasteiger partial charge in [0.25, 0.3) is 0 Å². The summed E-state index contributed by atoms with van der Waals surface area (Å²) < 4.78 is 5.68. The largest absolute Gasteiger partial charge is 0.489 e. The van der Waals surface area contributed by atoms with Crippen molar-refractivity contribution < 1.29 is 19.1 Å². The van der Waals surface area contributed by atoms with Crippen LogP contribution in [-0.4, -0.2) is 77.3 Å². The Morgan fingerprint density at radius 2 is 2.16 bits per heavy atom. The van der Waals surface area contributed by atoms with Gasteiger partial charge in [-0.05, 0) is 52.4 Å². The van der Waals surface area contributed by atoms with E-state index in [1.54, 1.807) is 4.90 Å². The fourth-order valence-corrected chi connectivity index (χ4v) is 4.56. The van der Waals surface area contributed by atoms with Gasteiger partial charge in [0.2, 0.25) is 5.91 Å². The predicted molar refractivity (Wildman–Crippen MR) is 137 cm³/mol. The number of hydrogen-bond donors (Lipinski definition) is 1. The van der Waals surface area contributed by atoms with Crippen LogP contribution in [0.4, 0.5) is 16.4 Å². The van der Waals surface area contributed by atoms with Gasteiger partial charge in [0.15, 0.2) is 6.29 Å². The number of carbonyl (C=O) groups excluding carboxylic acids is 3. The molecule has 4 rings (SSSR count). The lowest BCUT2D eigenvalue weighted by molar-refractivity contribution is -0.128. The van der Waals surface area contributed by atoms with Crippen LogP contribution in [0.5, 0.6) is 5.75 Å². The highest BCUT2D eigenvalue weighted by Crippen LogP contribution is 2.30. The first-order chi connectivity index (χ1) is 17.7. The summed E-state index contributed by atoms with van der Waals surface area (Å²) in [6.07, 6.45) is 3.74. The number of hydrogen-bond acceptors (Lipinski definition) is 8. The summed E-state index contributed by atoms with van der Waals surface area (Å²) >= 11 is 0.